The molecule has 0 aliphatic rings. The first kappa shape index (κ1) is 13.4. The van der Waals surface area contributed by atoms with Gasteiger partial charge in [-0.25, -0.2) is 4.98 Å². The van der Waals surface area contributed by atoms with Crippen LogP contribution in [0, 0.1) is 0 Å². The Kier molecular flexibility index (Phi) is 3.90. The molecule has 20 heavy (non-hydrogen) atoms. The minimum absolute atomic E-state index is 0.370. The van der Waals surface area contributed by atoms with E-state index in [0.29, 0.717) is 11.6 Å². The molecule has 1 aromatic heterocycles. The molecule has 3 aromatic rings. The van der Waals surface area contributed by atoms with Gasteiger partial charge in [0.15, 0.2) is 0 Å². The van der Waals surface area contributed by atoms with E-state index in [1.54, 1.807) is 0 Å². The Morgan fingerprint density at radius 2 is 1.70 bits per heavy atom. The number of rotatable bonds is 3. The van der Waals surface area contributed by atoms with E-state index < -0.39 is 0 Å². The molecule has 0 N–H and O–H groups in total. The molecule has 3 rings (SSSR count). The lowest BCUT2D eigenvalue weighted by Crippen LogP contribution is -2.00. The highest BCUT2D eigenvalue weighted by atomic mass is 79.9. The number of para-hydroxylation sites is 2. The molecule has 2 aromatic carbocycles. The fraction of sp³-hybridized carbons (Fsp3) is 0.0625. The van der Waals surface area contributed by atoms with Gasteiger partial charge in [0.05, 0.1) is 20.7 Å². The Morgan fingerprint density at radius 3 is 2.50 bits per heavy atom. The maximum atomic E-state index is 6.37. The first-order valence-electron chi connectivity index (χ1n) is 6.16. The number of benzene rings is 2. The molecule has 0 saturated carbocycles. The number of fused-ring (bicyclic) bond motifs is 1. The quantitative estimate of drug-likeness (QED) is 0.646. The van der Waals surface area contributed by atoms with Crippen molar-refractivity contribution in [1.82, 2.24) is 4.98 Å². The molecule has 0 amide bonds. The van der Waals surface area contributed by atoms with Gasteiger partial charge in [0, 0.05) is 5.39 Å². The molecular formula is C16H11BrClNO. The summed E-state index contributed by atoms with van der Waals surface area (Å²) in [7, 11) is 0. The van der Waals surface area contributed by atoms with E-state index in [1.165, 1.54) is 0 Å². The van der Waals surface area contributed by atoms with E-state index in [-0.39, 0.29) is 0 Å². The second-order valence-electron chi connectivity index (χ2n) is 4.31. The molecule has 0 bridgehead atoms. The summed E-state index contributed by atoms with van der Waals surface area (Å²) >= 11 is 9.87. The van der Waals surface area contributed by atoms with Gasteiger partial charge in [0.1, 0.15) is 12.4 Å². The van der Waals surface area contributed by atoms with E-state index in [2.05, 4.69) is 20.9 Å². The summed E-state index contributed by atoms with van der Waals surface area (Å²) in [5.74, 6) is 0.811. The number of hydrogen-bond donors (Lipinski definition) is 0. The average molecular weight is 349 g/mol. The molecule has 0 aliphatic heterocycles. The van der Waals surface area contributed by atoms with Gasteiger partial charge in [-0.15, -0.1) is 0 Å². The monoisotopic (exact) mass is 347 g/mol. The van der Waals surface area contributed by atoms with E-state index in [4.69, 9.17) is 16.3 Å². The number of aromatic nitrogens is 1. The summed E-state index contributed by atoms with van der Waals surface area (Å²) in [6.45, 7) is 0.370. The van der Waals surface area contributed by atoms with E-state index in [0.717, 1.165) is 26.8 Å². The van der Waals surface area contributed by atoms with E-state index in [1.807, 2.05) is 54.6 Å². The molecule has 2 nitrogen and oxygen atoms in total. The fourth-order valence-electron chi connectivity index (χ4n) is 1.96. The summed E-state index contributed by atoms with van der Waals surface area (Å²) in [6.07, 6.45) is 0. The van der Waals surface area contributed by atoms with Crippen LogP contribution in [-0.2, 0) is 6.61 Å². The molecule has 100 valence electrons. The highest BCUT2D eigenvalue weighted by molar-refractivity contribution is 9.10. The average Bonchev–Trinajstić information content (AvgIpc) is 2.50. The zero-order valence-corrected chi connectivity index (χ0v) is 12.9. The van der Waals surface area contributed by atoms with Crippen molar-refractivity contribution in [1.29, 1.82) is 0 Å². The van der Waals surface area contributed by atoms with Crippen LogP contribution >= 0.6 is 27.5 Å². The van der Waals surface area contributed by atoms with Crippen LogP contribution in [-0.4, -0.2) is 4.98 Å². The lowest BCUT2D eigenvalue weighted by Gasteiger charge is -2.10. The minimum Gasteiger partial charge on any atom is -0.487 e. The van der Waals surface area contributed by atoms with Gasteiger partial charge >= 0.3 is 0 Å². The predicted octanol–water partition coefficient (Wildman–Crippen LogP) is 5.23. The third kappa shape index (κ3) is 2.65. The lowest BCUT2D eigenvalue weighted by molar-refractivity contribution is 0.301. The lowest BCUT2D eigenvalue weighted by atomic mass is 10.2. The number of pyridine rings is 1. The molecule has 0 unspecified atom stereocenters. The van der Waals surface area contributed by atoms with Crippen LogP contribution in [0.2, 0.25) is 5.02 Å². The van der Waals surface area contributed by atoms with Gasteiger partial charge in [-0.1, -0.05) is 48.0 Å². The van der Waals surface area contributed by atoms with Crippen LogP contribution < -0.4 is 4.74 Å². The number of halogens is 2. The smallest absolute Gasteiger partial charge is 0.131 e. The zero-order valence-electron chi connectivity index (χ0n) is 10.5. The molecule has 0 radical (unpaired) electrons. The predicted molar refractivity (Wildman–Crippen MR) is 85.2 cm³/mol. The minimum atomic E-state index is 0.370. The van der Waals surface area contributed by atoms with E-state index in [9.17, 15) is 0 Å². The van der Waals surface area contributed by atoms with Crippen molar-refractivity contribution >= 4 is 38.4 Å². The van der Waals surface area contributed by atoms with Crippen LogP contribution in [0.25, 0.3) is 10.9 Å². The van der Waals surface area contributed by atoms with Crippen molar-refractivity contribution in [3.05, 3.63) is 69.8 Å². The highest BCUT2D eigenvalue weighted by Gasteiger charge is 2.11. The van der Waals surface area contributed by atoms with Gasteiger partial charge in [-0.05, 0) is 34.1 Å². The fourth-order valence-corrected chi connectivity index (χ4v) is 2.65. The molecule has 0 spiro atoms. The summed E-state index contributed by atoms with van der Waals surface area (Å²) in [5.41, 5.74) is 1.66. The molecular weight excluding hydrogens is 338 g/mol. The normalized spacial score (nSPS) is 10.7. The van der Waals surface area contributed by atoms with Crippen molar-refractivity contribution < 1.29 is 4.74 Å². The highest BCUT2D eigenvalue weighted by Crippen LogP contribution is 2.32. The van der Waals surface area contributed by atoms with Gasteiger partial charge in [0.25, 0.3) is 0 Å². The Morgan fingerprint density at radius 1 is 1.00 bits per heavy atom. The van der Waals surface area contributed by atoms with Gasteiger partial charge in [0.2, 0.25) is 0 Å². The first-order valence-corrected chi connectivity index (χ1v) is 7.33. The molecule has 0 atom stereocenters. The van der Waals surface area contributed by atoms with Crippen molar-refractivity contribution in [3.8, 4) is 5.75 Å². The van der Waals surface area contributed by atoms with Crippen LogP contribution in [0.1, 0.15) is 5.69 Å². The number of nitrogens with zero attached hydrogens (tertiary/aromatic N) is 1. The second-order valence-corrected chi connectivity index (χ2v) is 5.48. The summed E-state index contributed by atoms with van der Waals surface area (Å²) in [4.78, 5) is 4.59. The largest absolute Gasteiger partial charge is 0.487 e. The molecule has 4 heteroatoms. The maximum Gasteiger partial charge on any atom is 0.131 e. The maximum absolute atomic E-state index is 6.37. The summed E-state index contributed by atoms with van der Waals surface area (Å²) in [5, 5.41) is 1.60. The molecule has 0 fully saturated rings. The summed E-state index contributed by atoms with van der Waals surface area (Å²) in [6, 6.07) is 17.4. The van der Waals surface area contributed by atoms with Gasteiger partial charge in [-0.3, -0.25) is 0 Å². The van der Waals surface area contributed by atoms with Crippen LogP contribution in [0.5, 0.6) is 5.75 Å². The van der Waals surface area contributed by atoms with Crippen molar-refractivity contribution in [2.24, 2.45) is 0 Å². The van der Waals surface area contributed by atoms with Gasteiger partial charge < -0.3 is 4.74 Å². The molecule has 1 heterocycles. The first-order chi connectivity index (χ1) is 9.75. The second kappa shape index (κ2) is 5.81. The third-order valence-corrected chi connectivity index (χ3v) is 4.44. The standard InChI is InChI=1S/C16H11BrClNO/c17-15-14(10-20-11-6-2-1-3-7-11)19-13-9-5-4-8-12(13)16(15)18/h1-9H,10H2. The Bertz CT molecular complexity index is 746. The van der Waals surface area contributed by atoms with Crippen LogP contribution in [0.15, 0.2) is 59.1 Å². The molecule has 0 aliphatic carbocycles. The van der Waals surface area contributed by atoms with Crippen molar-refractivity contribution in [2.75, 3.05) is 0 Å². The zero-order chi connectivity index (χ0) is 13.9. The van der Waals surface area contributed by atoms with Crippen LogP contribution in [0.3, 0.4) is 0 Å². The van der Waals surface area contributed by atoms with Crippen molar-refractivity contribution in [2.45, 2.75) is 6.61 Å². The Balaban J connectivity index is 1.94. The SMILES string of the molecule is Clc1c(Br)c(COc2ccccc2)nc2ccccc12. The number of ether oxygens (including phenoxy) is 1. The number of hydrogen-bond acceptors (Lipinski definition) is 2. The molecule has 0 saturated heterocycles. The Hall–Kier alpha value is -1.58. The van der Waals surface area contributed by atoms with E-state index >= 15 is 0 Å². The third-order valence-electron chi connectivity index (χ3n) is 2.96. The topological polar surface area (TPSA) is 22.1 Å². The van der Waals surface area contributed by atoms with Crippen molar-refractivity contribution in [3.63, 3.8) is 0 Å². The van der Waals surface area contributed by atoms with Gasteiger partial charge in [-0.2, -0.15) is 0 Å². The summed E-state index contributed by atoms with van der Waals surface area (Å²) < 4.78 is 6.51. The van der Waals surface area contributed by atoms with Crippen LogP contribution in [0.4, 0.5) is 0 Å². The Labute approximate surface area is 130 Å².